The zero-order valence-electron chi connectivity index (χ0n) is 12.3. The Labute approximate surface area is 132 Å². The van der Waals surface area contributed by atoms with Gasteiger partial charge in [-0.3, -0.25) is 14.9 Å². The average Bonchev–Trinajstić information content (AvgIpc) is 2.54. The van der Waals surface area contributed by atoms with E-state index in [-0.39, 0.29) is 28.1 Å². The van der Waals surface area contributed by atoms with Gasteiger partial charge in [-0.2, -0.15) is 0 Å². The molecule has 0 aliphatic heterocycles. The van der Waals surface area contributed by atoms with Gasteiger partial charge in [0.05, 0.1) is 4.92 Å². The van der Waals surface area contributed by atoms with Crippen molar-refractivity contribution >= 4 is 17.4 Å². The van der Waals surface area contributed by atoms with Crippen LogP contribution in [0, 0.1) is 10.1 Å². The third-order valence-electron chi connectivity index (χ3n) is 3.02. The number of hydrogen-bond acceptors (Lipinski definition) is 5. The van der Waals surface area contributed by atoms with E-state index in [1.165, 1.54) is 49.4 Å². The van der Waals surface area contributed by atoms with Gasteiger partial charge < -0.3 is 4.74 Å². The van der Waals surface area contributed by atoms with E-state index < -0.39 is 16.7 Å². The summed E-state index contributed by atoms with van der Waals surface area (Å²) in [5.41, 5.74) is 0.263. The molecular weight excluding hydrogens is 298 g/mol. The second-order valence-electron chi connectivity index (χ2n) is 4.80. The number of benzene rings is 2. The summed E-state index contributed by atoms with van der Waals surface area (Å²) in [6.07, 6.45) is 0. The molecule has 0 amide bonds. The molecule has 0 aliphatic carbocycles. The molecule has 2 aromatic carbocycles. The Bertz CT molecular complexity index is 793. The van der Waals surface area contributed by atoms with Gasteiger partial charge >= 0.3 is 5.97 Å². The maximum Gasteiger partial charge on any atom is 0.338 e. The topological polar surface area (TPSA) is 86.5 Å². The van der Waals surface area contributed by atoms with E-state index in [0.29, 0.717) is 0 Å². The molecule has 0 saturated carbocycles. The number of para-hydroxylation sites is 1. The van der Waals surface area contributed by atoms with Crippen molar-refractivity contribution in [3.8, 4) is 5.75 Å². The highest BCUT2D eigenvalue weighted by atomic mass is 16.6. The number of hydrogen-bond donors (Lipinski definition) is 0. The first-order valence-electron chi connectivity index (χ1n) is 6.66. The normalized spacial score (nSPS) is 9.96. The predicted octanol–water partition coefficient (Wildman–Crippen LogP) is 3.31. The van der Waals surface area contributed by atoms with E-state index in [0.717, 1.165) is 0 Å². The molecule has 0 N–H and O–H groups in total. The molecule has 0 aliphatic rings. The minimum Gasteiger partial charge on any atom is -0.423 e. The van der Waals surface area contributed by atoms with E-state index in [1.807, 2.05) is 0 Å². The average molecular weight is 311 g/mol. The summed E-state index contributed by atoms with van der Waals surface area (Å²) in [7, 11) is 0. The molecule has 0 fully saturated rings. The molecule has 6 nitrogen and oxygen atoms in total. The van der Waals surface area contributed by atoms with Gasteiger partial charge in [0.25, 0.3) is 5.69 Å². The summed E-state index contributed by atoms with van der Waals surface area (Å²) in [6.45, 7) is 4.99. The van der Waals surface area contributed by atoms with Gasteiger partial charge in [-0.1, -0.05) is 18.7 Å². The fourth-order valence-electron chi connectivity index (χ4n) is 1.85. The lowest BCUT2D eigenvalue weighted by Crippen LogP contribution is -2.09. The van der Waals surface area contributed by atoms with Crippen LogP contribution in [-0.4, -0.2) is 16.7 Å². The molecule has 2 rings (SSSR count). The first-order valence-corrected chi connectivity index (χ1v) is 6.66. The zero-order chi connectivity index (χ0) is 17.0. The minimum atomic E-state index is -0.601. The molecule has 0 atom stereocenters. The van der Waals surface area contributed by atoms with E-state index in [4.69, 9.17) is 4.74 Å². The Morgan fingerprint density at radius 2 is 1.70 bits per heavy atom. The smallest absolute Gasteiger partial charge is 0.338 e. The molecule has 23 heavy (non-hydrogen) atoms. The Hall–Kier alpha value is -3.28. The van der Waals surface area contributed by atoms with E-state index in [9.17, 15) is 19.7 Å². The van der Waals surface area contributed by atoms with Gasteiger partial charge in [0.15, 0.2) is 5.78 Å². The van der Waals surface area contributed by atoms with Crippen LogP contribution in [0.3, 0.4) is 0 Å². The van der Waals surface area contributed by atoms with Crippen molar-refractivity contribution in [2.75, 3.05) is 0 Å². The molecule has 0 spiro atoms. The molecule has 0 heterocycles. The monoisotopic (exact) mass is 311 g/mol. The van der Waals surface area contributed by atoms with Gasteiger partial charge in [-0.05, 0) is 37.3 Å². The largest absolute Gasteiger partial charge is 0.423 e. The summed E-state index contributed by atoms with van der Waals surface area (Å²) >= 11 is 0. The van der Waals surface area contributed by atoms with Crippen LogP contribution in [0.4, 0.5) is 5.69 Å². The highest BCUT2D eigenvalue weighted by Crippen LogP contribution is 2.22. The summed E-state index contributed by atoms with van der Waals surface area (Å²) < 4.78 is 5.02. The van der Waals surface area contributed by atoms with Crippen LogP contribution in [0.1, 0.15) is 22.8 Å². The second-order valence-corrected chi connectivity index (χ2v) is 4.80. The lowest BCUT2D eigenvalue weighted by Gasteiger charge is -2.05. The van der Waals surface area contributed by atoms with Crippen LogP contribution < -0.4 is 4.74 Å². The second kappa shape index (κ2) is 6.65. The zero-order valence-corrected chi connectivity index (χ0v) is 12.3. The van der Waals surface area contributed by atoms with Crippen LogP contribution in [-0.2, 0) is 4.79 Å². The van der Waals surface area contributed by atoms with Crippen molar-refractivity contribution in [1.29, 1.82) is 0 Å². The molecule has 0 radical (unpaired) electrons. The third kappa shape index (κ3) is 3.68. The van der Waals surface area contributed by atoms with Crippen molar-refractivity contribution in [2.45, 2.75) is 6.92 Å². The quantitative estimate of drug-likeness (QED) is 0.211. The predicted molar refractivity (Wildman–Crippen MR) is 83.4 cm³/mol. The number of nitro benzene ring substituents is 1. The molecule has 2 aromatic rings. The fourth-order valence-corrected chi connectivity index (χ4v) is 1.85. The first kappa shape index (κ1) is 16.1. The number of carbonyl (C=O) groups excluding carboxylic acids is 2. The van der Waals surface area contributed by atoms with Crippen molar-refractivity contribution in [3.63, 3.8) is 0 Å². The Morgan fingerprint density at radius 1 is 1.09 bits per heavy atom. The lowest BCUT2D eigenvalue weighted by atomic mass is 10.0. The highest BCUT2D eigenvalue weighted by Gasteiger charge is 2.20. The maximum absolute atomic E-state index is 12.4. The van der Waals surface area contributed by atoms with Gasteiger partial charge in [0.2, 0.25) is 0 Å². The molecule has 6 heteroatoms. The fraction of sp³-hybridized carbons (Fsp3) is 0.0588. The number of ether oxygens (including phenoxy) is 1. The number of esters is 1. The standard InChI is InChI=1S/C17H13NO5/c1-11(2)17(20)23-13-9-7-12(8-10-13)16(19)14-5-3-4-6-15(14)18(21)22/h3-10H,1H2,2H3. The van der Waals surface area contributed by atoms with Crippen LogP contribution in [0.25, 0.3) is 0 Å². The van der Waals surface area contributed by atoms with Crippen molar-refractivity contribution in [3.05, 3.63) is 81.9 Å². The Kier molecular flexibility index (Phi) is 4.66. The van der Waals surface area contributed by atoms with Crippen LogP contribution in [0.5, 0.6) is 5.75 Å². The number of nitro groups is 1. The Balaban J connectivity index is 2.26. The minimum absolute atomic E-state index is 0.00387. The van der Waals surface area contributed by atoms with E-state index in [2.05, 4.69) is 6.58 Å². The lowest BCUT2D eigenvalue weighted by molar-refractivity contribution is -0.385. The van der Waals surface area contributed by atoms with Gasteiger partial charge in [-0.15, -0.1) is 0 Å². The highest BCUT2D eigenvalue weighted by molar-refractivity contribution is 6.11. The number of ketones is 1. The van der Waals surface area contributed by atoms with Crippen molar-refractivity contribution in [2.24, 2.45) is 0 Å². The molecule has 0 saturated heterocycles. The van der Waals surface area contributed by atoms with Gasteiger partial charge in [0, 0.05) is 17.2 Å². The summed E-state index contributed by atoms with van der Waals surface area (Å²) in [6, 6.07) is 11.5. The number of nitrogens with zero attached hydrogens (tertiary/aromatic N) is 1. The molecule has 116 valence electrons. The van der Waals surface area contributed by atoms with Gasteiger partial charge in [-0.25, -0.2) is 4.79 Å². The third-order valence-corrected chi connectivity index (χ3v) is 3.02. The summed E-state index contributed by atoms with van der Waals surface area (Å²) in [4.78, 5) is 34.2. The number of rotatable bonds is 5. The van der Waals surface area contributed by atoms with E-state index in [1.54, 1.807) is 6.07 Å². The molecule has 0 aromatic heterocycles. The van der Waals surface area contributed by atoms with Crippen LogP contribution >= 0.6 is 0 Å². The summed E-state index contributed by atoms with van der Waals surface area (Å²) in [5, 5.41) is 11.0. The van der Waals surface area contributed by atoms with Crippen molar-refractivity contribution in [1.82, 2.24) is 0 Å². The molecular formula is C17H13NO5. The number of carbonyl (C=O) groups is 2. The molecule has 0 bridgehead atoms. The first-order chi connectivity index (χ1) is 10.9. The van der Waals surface area contributed by atoms with Crippen LogP contribution in [0.2, 0.25) is 0 Å². The SMILES string of the molecule is C=C(C)C(=O)Oc1ccc(C(=O)c2ccccc2[N+](=O)[O-])cc1. The van der Waals surface area contributed by atoms with Crippen molar-refractivity contribution < 1.29 is 19.2 Å². The molecule has 0 unspecified atom stereocenters. The van der Waals surface area contributed by atoms with E-state index >= 15 is 0 Å². The summed E-state index contributed by atoms with van der Waals surface area (Å²) in [5.74, 6) is -0.782. The maximum atomic E-state index is 12.4. The van der Waals surface area contributed by atoms with Crippen LogP contribution in [0.15, 0.2) is 60.7 Å². The Morgan fingerprint density at radius 3 is 2.26 bits per heavy atom. The van der Waals surface area contributed by atoms with Gasteiger partial charge in [0.1, 0.15) is 11.3 Å².